The smallest absolute Gasteiger partial charge is 0.337 e. The number of aromatic carboxylic acids is 1. The molecule has 10 nitrogen and oxygen atoms in total. The Morgan fingerprint density at radius 1 is 1.57 bits per heavy atom. The van der Waals surface area contributed by atoms with Gasteiger partial charge in [-0.2, -0.15) is 0 Å². The molecule has 0 aliphatic rings. The standard InChI is InChI=1S/C11H12N6O4/c1-2-16-6-14-15-9(16)5-13-10-8(17(20)21)3-7(4-12-10)11(18)19/h3-4,6H,2,5H2,1H3,(H,12,13)(H,18,19). The molecule has 0 spiro atoms. The Morgan fingerprint density at radius 2 is 2.33 bits per heavy atom. The van der Waals surface area contributed by atoms with Crippen molar-refractivity contribution in [3.8, 4) is 0 Å². The van der Waals surface area contributed by atoms with Crippen molar-refractivity contribution in [3.63, 3.8) is 0 Å². The highest BCUT2D eigenvalue weighted by Crippen LogP contribution is 2.23. The van der Waals surface area contributed by atoms with Gasteiger partial charge in [-0.05, 0) is 6.92 Å². The first-order chi connectivity index (χ1) is 10.0. The average molecular weight is 292 g/mol. The minimum atomic E-state index is -1.28. The molecule has 0 aromatic carbocycles. The summed E-state index contributed by atoms with van der Waals surface area (Å²) in [6.45, 7) is 2.76. The summed E-state index contributed by atoms with van der Waals surface area (Å²) in [7, 11) is 0. The van der Waals surface area contributed by atoms with E-state index in [9.17, 15) is 14.9 Å². The van der Waals surface area contributed by atoms with Crippen LogP contribution in [0.2, 0.25) is 0 Å². The lowest BCUT2D eigenvalue weighted by atomic mass is 10.2. The number of nitro groups is 1. The maximum atomic E-state index is 11.0. The Kier molecular flexibility index (Phi) is 4.07. The molecule has 0 radical (unpaired) electrons. The molecule has 2 aromatic rings. The maximum Gasteiger partial charge on any atom is 0.337 e. The van der Waals surface area contributed by atoms with Gasteiger partial charge in [0.2, 0.25) is 5.82 Å². The molecule has 0 aliphatic carbocycles. The second-order valence-corrected chi connectivity index (χ2v) is 4.04. The van der Waals surface area contributed by atoms with Gasteiger partial charge in [-0.25, -0.2) is 9.78 Å². The van der Waals surface area contributed by atoms with Crippen LogP contribution in [0.4, 0.5) is 11.5 Å². The van der Waals surface area contributed by atoms with Gasteiger partial charge in [0.1, 0.15) is 6.33 Å². The molecule has 110 valence electrons. The van der Waals surface area contributed by atoms with Gasteiger partial charge < -0.3 is 15.0 Å². The summed E-state index contributed by atoms with van der Waals surface area (Å²) in [5, 5.41) is 30.2. The largest absolute Gasteiger partial charge is 0.478 e. The zero-order chi connectivity index (χ0) is 15.4. The summed E-state index contributed by atoms with van der Waals surface area (Å²) >= 11 is 0. The molecule has 0 amide bonds. The van der Waals surface area contributed by atoms with Gasteiger partial charge in [0, 0.05) is 18.8 Å². The Labute approximate surface area is 118 Å². The van der Waals surface area contributed by atoms with Crippen molar-refractivity contribution in [2.45, 2.75) is 20.0 Å². The lowest BCUT2D eigenvalue weighted by molar-refractivity contribution is -0.384. The van der Waals surface area contributed by atoms with Crippen LogP contribution in [0.15, 0.2) is 18.6 Å². The minimum Gasteiger partial charge on any atom is -0.478 e. The summed E-state index contributed by atoms with van der Waals surface area (Å²) in [4.78, 5) is 24.9. The van der Waals surface area contributed by atoms with Gasteiger partial charge in [-0.3, -0.25) is 10.1 Å². The van der Waals surface area contributed by atoms with E-state index in [1.165, 1.54) is 0 Å². The maximum absolute atomic E-state index is 11.0. The van der Waals surface area contributed by atoms with E-state index in [4.69, 9.17) is 5.11 Å². The van der Waals surface area contributed by atoms with E-state index < -0.39 is 16.6 Å². The molecule has 21 heavy (non-hydrogen) atoms. The van der Waals surface area contributed by atoms with Crippen molar-refractivity contribution in [2.75, 3.05) is 5.32 Å². The molecular formula is C11H12N6O4. The number of carboxylic acids is 1. The van der Waals surface area contributed by atoms with E-state index in [1.807, 2.05) is 6.92 Å². The molecule has 0 bridgehead atoms. The summed E-state index contributed by atoms with van der Waals surface area (Å²) in [5.41, 5.74) is -0.651. The fraction of sp³-hybridized carbons (Fsp3) is 0.273. The van der Waals surface area contributed by atoms with Gasteiger partial charge >= 0.3 is 11.7 Å². The molecule has 0 saturated heterocycles. The summed E-state index contributed by atoms with van der Waals surface area (Å²) in [5.74, 6) is -0.700. The Hall–Kier alpha value is -3.04. The number of hydrogen-bond donors (Lipinski definition) is 2. The van der Waals surface area contributed by atoms with E-state index >= 15 is 0 Å². The van der Waals surface area contributed by atoms with Gasteiger partial charge in [-0.15, -0.1) is 10.2 Å². The third-order valence-electron chi connectivity index (χ3n) is 2.76. The second-order valence-electron chi connectivity index (χ2n) is 4.04. The number of nitrogens with zero attached hydrogens (tertiary/aromatic N) is 5. The fourth-order valence-electron chi connectivity index (χ4n) is 1.69. The minimum absolute atomic E-state index is 0.0179. The molecule has 2 rings (SSSR count). The van der Waals surface area contributed by atoms with E-state index in [1.54, 1.807) is 10.9 Å². The molecule has 0 aliphatic heterocycles. The predicted octanol–water partition coefficient (Wildman–Crippen LogP) is 0.911. The van der Waals surface area contributed by atoms with Crippen molar-refractivity contribution >= 4 is 17.5 Å². The van der Waals surface area contributed by atoms with Crippen LogP contribution in [-0.4, -0.2) is 35.7 Å². The van der Waals surface area contributed by atoms with Crippen molar-refractivity contribution in [3.05, 3.63) is 40.1 Å². The first-order valence-corrected chi connectivity index (χ1v) is 6.01. The Bertz CT molecular complexity index is 683. The molecule has 2 N–H and O–H groups in total. The van der Waals surface area contributed by atoms with E-state index in [0.717, 1.165) is 12.3 Å². The van der Waals surface area contributed by atoms with Crippen LogP contribution in [0.5, 0.6) is 0 Å². The second kappa shape index (κ2) is 5.94. The topological polar surface area (TPSA) is 136 Å². The van der Waals surface area contributed by atoms with E-state index in [0.29, 0.717) is 12.4 Å². The number of pyridine rings is 1. The van der Waals surface area contributed by atoms with E-state index in [-0.39, 0.29) is 17.9 Å². The first kappa shape index (κ1) is 14.4. The predicted molar refractivity (Wildman–Crippen MR) is 70.9 cm³/mol. The highest BCUT2D eigenvalue weighted by atomic mass is 16.6. The lowest BCUT2D eigenvalue weighted by Gasteiger charge is -2.07. The number of nitrogens with one attached hydrogen (secondary N) is 1. The van der Waals surface area contributed by atoms with Crippen LogP contribution in [-0.2, 0) is 13.1 Å². The summed E-state index contributed by atoms with van der Waals surface area (Å²) in [6.07, 6.45) is 2.61. The number of carbonyl (C=O) groups is 1. The fourth-order valence-corrected chi connectivity index (χ4v) is 1.69. The summed E-state index contributed by atoms with van der Waals surface area (Å²) in [6, 6.07) is 0.961. The van der Waals surface area contributed by atoms with Crippen LogP contribution in [0.25, 0.3) is 0 Å². The van der Waals surface area contributed by atoms with Crippen molar-refractivity contribution in [2.24, 2.45) is 0 Å². The van der Waals surface area contributed by atoms with Crippen LogP contribution in [0, 0.1) is 10.1 Å². The zero-order valence-corrected chi connectivity index (χ0v) is 11.1. The highest BCUT2D eigenvalue weighted by Gasteiger charge is 2.19. The molecular weight excluding hydrogens is 280 g/mol. The number of hydrogen-bond acceptors (Lipinski definition) is 7. The van der Waals surface area contributed by atoms with Gasteiger partial charge in [-0.1, -0.05) is 0 Å². The highest BCUT2D eigenvalue weighted by molar-refractivity contribution is 5.88. The molecule has 0 unspecified atom stereocenters. The molecule has 2 heterocycles. The number of carboxylic acid groups (broad SMARTS) is 1. The third-order valence-corrected chi connectivity index (χ3v) is 2.76. The Morgan fingerprint density at radius 3 is 2.95 bits per heavy atom. The normalized spacial score (nSPS) is 10.3. The lowest BCUT2D eigenvalue weighted by Crippen LogP contribution is -2.10. The average Bonchev–Trinajstić information content (AvgIpc) is 2.92. The molecule has 0 saturated carbocycles. The SMILES string of the molecule is CCn1cnnc1CNc1ncc(C(=O)O)cc1[N+](=O)[O-]. The third kappa shape index (κ3) is 3.11. The Balaban J connectivity index is 2.23. The zero-order valence-electron chi connectivity index (χ0n) is 11.1. The van der Waals surface area contributed by atoms with Crippen molar-refractivity contribution in [1.82, 2.24) is 19.7 Å². The van der Waals surface area contributed by atoms with Crippen molar-refractivity contribution in [1.29, 1.82) is 0 Å². The van der Waals surface area contributed by atoms with Gasteiger partial charge in [0.15, 0.2) is 5.82 Å². The van der Waals surface area contributed by atoms with E-state index in [2.05, 4.69) is 20.5 Å². The van der Waals surface area contributed by atoms with Gasteiger partial charge in [0.25, 0.3) is 0 Å². The van der Waals surface area contributed by atoms with Crippen LogP contribution >= 0.6 is 0 Å². The monoisotopic (exact) mass is 292 g/mol. The number of aryl methyl sites for hydroxylation is 1. The molecule has 0 fully saturated rings. The molecule has 0 atom stereocenters. The van der Waals surface area contributed by atoms with Crippen molar-refractivity contribution < 1.29 is 14.8 Å². The number of aromatic nitrogens is 4. The number of anilines is 1. The van der Waals surface area contributed by atoms with Crippen LogP contribution in [0.3, 0.4) is 0 Å². The molecule has 10 heteroatoms. The quantitative estimate of drug-likeness (QED) is 0.592. The molecule has 2 aromatic heterocycles. The summed E-state index contributed by atoms with van der Waals surface area (Å²) < 4.78 is 1.77. The van der Waals surface area contributed by atoms with Crippen LogP contribution in [0.1, 0.15) is 23.1 Å². The first-order valence-electron chi connectivity index (χ1n) is 6.01. The van der Waals surface area contributed by atoms with Crippen LogP contribution < -0.4 is 5.32 Å². The van der Waals surface area contributed by atoms with Gasteiger partial charge in [0.05, 0.1) is 17.0 Å². The number of rotatable bonds is 6.